The van der Waals surface area contributed by atoms with Crippen LogP contribution >= 0.6 is 7.82 Å². The van der Waals surface area contributed by atoms with Crippen molar-refractivity contribution >= 4 is 19.8 Å². The predicted octanol–water partition coefficient (Wildman–Crippen LogP) is 7.90. The molecule has 0 bridgehead atoms. The Bertz CT molecular complexity index is 753. The molecule has 0 aromatic heterocycles. The van der Waals surface area contributed by atoms with Gasteiger partial charge in [-0.05, 0) is 38.5 Å². The first-order valence-corrected chi connectivity index (χ1v) is 17.9. The van der Waals surface area contributed by atoms with E-state index in [0.717, 1.165) is 57.8 Å². The number of rotatable bonds is 29. The number of hydrogen-bond acceptors (Lipinski definition) is 7. The van der Waals surface area contributed by atoms with Crippen molar-refractivity contribution in [1.82, 2.24) is 0 Å². The zero-order valence-corrected chi connectivity index (χ0v) is 28.4. The number of allylic oxidation sites excluding steroid dienone is 2. The monoisotopic (exact) mass is 620 g/mol. The number of phosphoric ester groups is 1. The lowest BCUT2D eigenvalue weighted by molar-refractivity contribution is -0.870. The van der Waals surface area contributed by atoms with E-state index in [1.807, 2.05) is 21.1 Å². The van der Waals surface area contributed by atoms with Gasteiger partial charge in [-0.25, -0.2) is 4.57 Å². The maximum atomic E-state index is 12.5. The Hall–Kier alpha value is -1.25. The summed E-state index contributed by atoms with van der Waals surface area (Å²) in [6, 6.07) is 0. The number of ether oxygens (including phenoxy) is 2. The van der Waals surface area contributed by atoms with Crippen LogP contribution in [0.15, 0.2) is 12.2 Å². The fourth-order valence-corrected chi connectivity index (χ4v) is 4.86. The van der Waals surface area contributed by atoms with E-state index >= 15 is 0 Å². The Kier molecular flexibility index (Phi) is 25.4. The van der Waals surface area contributed by atoms with Crippen LogP contribution < -0.4 is 0 Å². The number of unbranched alkanes of at least 4 members (excludes halogenated alkanes) is 13. The standard InChI is InChI=1S/C32H62NO8P/c1-6-8-10-12-14-15-16-17-18-19-21-23-25-32(35)41-30(28-38-31(34)24-22-20-13-11-9-7-2)29-40-42(36,37)39-27-26-33(3,4)5/h14-15,30H,6-13,16-29H2,1-5H3/p+1/b15-14-. The molecule has 1 N–H and O–H groups in total. The van der Waals surface area contributed by atoms with E-state index in [1.165, 1.54) is 38.5 Å². The van der Waals surface area contributed by atoms with Gasteiger partial charge in [-0.2, -0.15) is 0 Å². The highest BCUT2D eigenvalue weighted by molar-refractivity contribution is 7.47. The lowest BCUT2D eigenvalue weighted by Crippen LogP contribution is -2.37. The SMILES string of the molecule is CCCCC/C=C\CCCCCCCC(=O)OC(COC(=O)CCCCCCCC)COP(=O)(O)OCC[N+](C)(C)C. The molecule has 2 unspecified atom stereocenters. The number of carbonyl (C=O) groups excluding carboxylic acids is 2. The Morgan fingerprint density at radius 1 is 0.714 bits per heavy atom. The second-order valence-corrected chi connectivity index (χ2v) is 13.7. The fourth-order valence-electron chi connectivity index (χ4n) is 4.12. The molecule has 42 heavy (non-hydrogen) atoms. The van der Waals surface area contributed by atoms with Crippen LogP contribution in [0.1, 0.15) is 129 Å². The molecular weight excluding hydrogens is 557 g/mol. The maximum Gasteiger partial charge on any atom is 0.472 e. The molecule has 0 radical (unpaired) electrons. The first kappa shape index (κ1) is 40.8. The van der Waals surface area contributed by atoms with Gasteiger partial charge in [0.25, 0.3) is 0 Å². The molecule has 248 valence electrons. The van der Waals surface area contributed by atoms with E-state index in [4.69, 9.17) is 18.5 Å². The van der Waals surface area contributed by atoms with Crippen LogP contribution in [0, 0.1) is 0 Å². The van der Waals surface area contributed by atoms with Gasteiger partial charge in [0.2, 0.25) is 0 Å². The highest BCUT2D eigenvalue weighted by Crippen LogP contribution is 2.43. The van der Waals surface area contributed by atoms with Crippen molar-refractivity contribution in [3.8, 4) is 0 Å². The van der Waals surface area contributed by atoms with E-state index in [2.05, 4.69) is 26.0 Å². The van der Waals surface area contributed by atoms with Crippen molar-refractivity contribution in [2.24, 2.45) is 0 Å². The van der Waals surface area contributed by atoms with E-state index in [-0.39, 0.29) is 32.0 Å². The van der Waals surface area contributed by atoms with Gasteiger partial charge >= 0.3 is 19.8 Å². The summed E-state index contributed by atoms with van der Waals surface area (Å²) in [4.78, 5) is 34.8. The molecule has 0 saturated carbocycles. The fraction of sp³-hybridized carbons (Fsp3) is 0.875. The van der Waals surface area contributed by atoms with Gasteiger partial charge in [0.15, 0.2) is 6.10 Å². The molecule has 0 heterocycles. The van der Waals surface area contributed by atoms with Crippen LogP contribution in [0.25, 0.3) is 0 Å². The number of quaternary nitrogens is 1. The van der Waals surface area contributed by atoms with Gasteiger partial charge in [0.05, 0.1) is 27.7 Å². The summed E-state index contributed by atoms with van der Waals surface area (Å²) in [6.07, 6.45) is 21.4. The number of likely N-dealkylation sites (N-methyl/N-ethyl adjacent to an activating group) is 1. The molecule has 2 atom stereocenters. The van der Waals surface area contributed by atoms with Crippen LogP contribution in [-0.4, -0.2) is 74.9 Å². The van der Waals surface area contributed by atoms with Crippen molar-refractivity contribution < 1.29 is 42.1 Å². The number of hydrogen-bond donors (Lipinski definition) is 1. The molecule has 9 nitrogen and oxygen atoms in total. The second-order valence-electron chi connectivity index (χ2n) is 12.2. The van der Waals surface area contributed by atoms with Gasteiger partial charge in [0, 0.05) is 12.8 Å². The third-order valence-corrected chi connectivity index (χ3v) is 7.78. The highest BCUT2D eigenvalue weighted by Gasteiger charge is 2.27. The zero-order valence-electron chi connectivity index (χ0n) is 27.5. The third-order valence-electron chi connectivity index (χ3n) is 6.80. The summed E-state index contributed by atoms with van der Waals surface area (Å²) in [5.74, 6) is -0.821. The molecule has 0 amide bonds. The molecule has 0 saturated heterocycles. The summed E-state index contributed by atoms with van der Waals surface area (Å²) < 4.78 is 33.8. The molecule has 0 aromatic carbocycles. The number of carbonyl (C=O) groups is 2. The largest absolute Gasteiger partial charge is 0.472 e. The van der Waals surface area contributed by atoms with Crippen LogP contribution in [0.2, 0.25) is 0 Å². The van der Waals surface area contributed by atoms with E-state index in [1.54, 1.807) is 0 Å². The Morgan fingerprint density at radius 2 is 1.21 bits per heavy atom. The Labute approximate surface area is 256 Å². The average molecular weight is 621 g/mol. The summed E-state index contributed by atoms with van der Waals surface area (Å²) in [7, 11) is 1.47. The first-order valence-electron chi connectivity index (χ1n) is 16.4. The molecule has 0 fully saturated rings. The van der Waals surface area contributed by atoms with Crippen molar-refractivity contribution in [1.29, 1.82) is 0 Å². The number of esters is 2. The molecule has 10 heteroatoms. The van der Waals surface area contributed by atoms with Crippen molar-refractivity contribution in [2.45, 2.75) is 136 Å². The topological polar surface area (TPSA) is 108 Å². The lowest BCUT2D eigenvalue weighted by atomic mass is 10.1. The molecule has 0 aromatic rings. The van der Waals surface area contributed by atoms with Gasteiger partial charge in [-0.15, -0.1) is 0 Å². The Morgan fingerprint density at radius 3 is 1.81 bits per heavy atom. The van der Waals surface area contributed by atoms with E-state index in [0.29, 0.717) is 17.4 Å². The average Bonchev–Trinajstić information content (AvgIpc) is 2.92. The summed E-state index contributed by atoms with van der Waals surface area (Å²) in [5, 5.41) is 0. The predicted molar refractivity (Wildman–Crippen MR) is 169 cm³/mol. The van der Waals surface area contributed by atoms with E-state index in [9.17, 15) is 19.0 Å². The van der Waals surface area contributed by atoms with Crippen molar-refractivity contribution in [2.75, 3.05) is 47.5 Å². The van der Waals surface area contributed by atoms with Crippen molar-refractivity contribution in [3.63, 3.8) is 0 Å². The highest BCUT2D eigenvalue weighted by atomic mass is 31.2. The van der Waals surface area contributed by atoms with Crippen LogP contribution in [0.3, 0.4) is 0 Å². The van der Waals surface area contributed by atoms with Gasteiger partial charge in [0.1, 0.15) is 19.8 Å². The Balaban J connectivity index is 4.50. The van der Waals surface area contributed by atoms with Crippen molar-refractivity contribution in [3.05, 3.63) is 12.2 Å². The third kappa shape index (κ3) is 28.9. The first-order chi connectivity index (χ1) is 20.0. The normalized spacial score (nSPS) is 14.1. The molecule has 0 aliphatic carbocycles. The quantitative estimate of drug-likeness (QED) is 0.0296. The smallest absolute Gasteiger partial charge is 0.462 e. The molecule has 0 aliphatic rings. The lowest BCUT2D eigenvalue weighted by Gasteiger charge is -2.24. The van der Waals surface area contributed by atoms with Gasteiger partial charge < -0.3 is 18.9 Å². The maximum absolute atomic E-state index is 12.5. The molecule has 0 aliphatic heterocycles. The summed E-state index contributed by atoms with van der Waals surface area (Å²) in [6.45, 7) is 4.29. The van der Waals surface area contributed by atoms with Crippen LogP contribution in [-0.2, 0) is 32.7 Å². The van der Waals surface area contributed by atoms with Gasteiger partial charge in [-0.1, -0.05) is 90.2 Å². The van der Waals surface area contributed by atoms with Gasteiger partial charge in [-0.3, -0.25) is 18.6 Å². The molecule has 0 spiro atoms. The minimum absolute atomic E-state index is 0.0320. The zero-order chi connectivity index (χ0) is 31.5. The summed E-state index contributed by atoms with van der Waals surface area (Å²) in [5.41, 5.74) is 0. The van der Waals surface area contributed by atoms with E-state index < -0.39 is 26.5 Å². The minimum atomic E-state index is -4.35. The summed E-state index contributed by atoms with van der Waals surface area (Å²) >= 11 is 0. The number of phosphoric acid groups is 1. The minimum Gasteiger partial charge on any atom is -0.462 e. The van der Waals surface area contributed by atoms with Crippen LogP contribution in [0.4, 0.5) is 0 Å². The second kappa shape index (κ2) is 26.2. The molecule has 0 rings (SSSR count). The number of nitrogens with zero attached hydrogens (tertiary/aromatic N) is 1. The molecular formula is C32H63NO8P+. The van der Waals surface area contributed by atoms with Crippen LogP contribution in [0.5, 0.6) is 0 Å².